The van der Waals surface area contributed by atoms with E-state index in [0.717, 1.165) is 5.69 Å². The maximum absolute atomic E-state index is 5.78. The summed E-state index contributed by atoms with van der Waals surface area (Å²) in [5, 5.41) is 0. The molecule has 0 aliphatic heterocycles. The quantitative estimate of drug-likeness (QED) is 0.667. The van der Waals surface area contributed by atoms with Crippen molar-refractivity contribution in [3.05, 3.63) is 30.5 Å². The highest BCUT2D eigenvalue weighted by Gasteiger charge is 2.09. The second-order valence-electron chi connectivity index (χ2n) is 3.73. The van der Waals surface area contributed by atoms with Gasteiger partial charge in [-0.2, -0.15) is 0 Å². The van der Waals surface area contributed by atoms with E-state index in [0.29, 0.717) is 28.5 Å². The van der Waals surface area contributed by atoms with Crippen LogP contribution >= 0.6 is 0 Å². The van der Waals surface area contributed by atoms with E-state index in [1.54, 1.807) is 12.3 Å². The molecule has 0 unspecified atom stereocenters. The number of fused-ring (bicyclic) bond motifs is 1. The SMILES string of the molecule is C=Nc1nc2[nH]c(-c3ccccn3)nc2cc1N. The topological polar surface area (TPSA) is 92.8 Å². The van der Waals surface area contributed by atoms with Crippen LogP contribution in [0.1, 0.15) is 0 Å². The minimum atomic E-state index is 0.402. The van der Waals surface area contributed by atoms with Gasteiger partial charge in [-0.1, -0.05) is 6.07 Å². The summed E-state index contributed by atoms with van der Waals surface area (Å²) in [6, 6.07) is 7.33. The van der Waals surface area contributed by atoms with Gasteiger partial charge in [-0.05, 0) is 24.9 Å². The molecule has 0 aliphatic rings. The van der Waals surface area contributed by atoms with Gasteiger partial charge < -0.3 is 10.7 Å². The molecule has 0 fully saturated rings. The Kier molecular flexibility index (Phi) is 2.26. The summed E-state index contributed by atoms with van der Waals surface area (Å²) in [5.74, 6) is 1.05. The molecule has 0 amide bonds. The lowest BCUT2D eigenvalue weighted by molar-refractivity contribution is 1.23. The van der Waals surface area contributed by atoms with Gasteiger partial charge >= 0.3 is 0 Å². The third-order valence-electron chi connectivity index (χ3n) is 2.54. The van der Waals surface area contributed by atoms with Gasteiger partial charge in [0.2, 0.25) is 0 Å². The monoisotopic (exact) mass is 238 g/mol. The first kappa shape index (κ1) is 10.4. The molecule has 0 aliphatic carbocycles. The van der Waals surface area contributed by atoms with Crippen molar-refractivity contribution in [2.24, 2.45) is 4.99 Å². The molecular weight excluding hydrogens is 228 g/mol. The van der Waals surface area contributed by atoms with Crippen LogP contribution in [-0.2, 0) is 0 Å². The van der Waals surface area contributed by atoms with E-state index in [4.69, 9.17) is 5.73 Å². The summed E-state index contributed by atoms with van der Waals surface area (Å²) in [4.78, 5) is 19.7. The number of aromatic amines is 1. The maximum Gasteiger partial charge on any atom is 0.177 e. The van der Waals surface area contributed by atoms with Crippen LogP contribution in [0.25, 0.3) is 22.7 Å². The molecule has 0 spiro atoms. The number of H-pyrrole nitrogens is 1. The molecule has 0 saturated heterocycles. The second-order valence-corrected chi connectivity index (χ2v) is 3.73. The number of nitrogen functional groups attached to an aromatic ring is 1. The Labute approximate surface area is 103 Å². The average molecular weight is 238 g/mol. The van der Waals surface area contributed by atoms with Gasteiger partial charge in [0.1, 0.15) is 11.2 Å². The average Bonchev–Trinajstić information content (AvgIpc) is 2.81. The molecule has 3 aromatic heterocycles. The fourth-order valence-corrected chi connectivity index (χ4v) is 1.70. The van der Waals surface area contributed by atoms with Crippen LogP contribution in [0.3, 0.4) is 0 Å². The van der Waals surface area contributed by atoms with Gasteiger partial charge in [-0.25, -0.2) is 15.0 Å². The van der Waals surface area contributed by atoms with Crippen LogP contribution in [0.4, 0.5) is 11.5 Å². The minimum Gasteiger partial charge on any atom is -0.396 e. The lowest BCUT2D eigenvalue weighted by Gasteiger charge is -1.96. The Morgan fingerprint density at radius 3 is 2.89 bits per heavy atom. The zero-order valence-electron chi connectivity index (χ0n) is 9.46. The Bertz CT molecular complexity index is 716. The normalized spacial score (nSPS) is 10.7. The highest BCUT2D eigenvalue weighted by molar-refractivity contribution is 5.82. The molecule has 3 rings (SSSR count). The number of nitrogens with two attached hydrogens (primary N) is 1. The standard InChI is InChI=1S/C12H10N6/c1-14-10-7(13)6-9-12(17-10)18-11(16-9)8-4-2-3-5-15-8/h2-6H,1,13H2,(H,16,17,18). The van der Waals surface area contributed by atoms with Gasteiger partial charge in [-0.3, -0.25) is 4.98 Å². The van der Waals surface area contributed by atoms with Gasteiger partial charge in [0, 0.05) is 6.20 Å². The zero-order valence-corrected chi connectivity index (χ0v) is 9.46. The van der Waals surface area contributed by atoms with E-state index in [2.05, 4.69) is 31.6 Å². The van der Waals surface area contributed by atoms with Crippen LogP contribution in [0.2, 0.25) is 0 Å². The molecule has 0 radical (unpaired) electrons. The van der Waals surface area contributed by atoms with Crippen molar-refractivity contribution in [3.63, 3.8) is 0 Å². The molecular formula is C12H10N6. The lowest BCUT2D eigenvalue weighted by Crippen LogP contribution is -1.88. The molecule has 0 bridgehead atoms. The number of pyridine rings is 2. The van der Waals surface area contributed by atoms with E-state index >= 15 is 0 Å². The van der Waals surface area contributed by atoms with Gasteiger partial charge in [0.25, 0.3) is 0 Å². The van der Waals surface area contributed by atoms with Crippen LogP contribution in [0.15, 0.2) is 35.5 Å². The van der Waals surface area contributed by atoms with E-state index in [-0.39, 0.29) is 0 Å². The van der Waals surface area contributed by atoms with Crippen LogP contribution in [0, 0.1) is 0 Å². The molecule has 6 heteroatoms. The summed E-state index contributed by atoms with van der Waals surface area (Å²) in [5.41, 5.74) is 8.29. The first-order chi connectivity index (χ1) is 8.78. The number of rotatable bonds is 2. The summed E-state index contributed by atoms with van der Waals surface area (Å²) in [6.07, 6.45) is 1.71. The number of nitrogens with zero attached hydrogens (tertiary/aromatic N) is 4. The Hall–Kier alpha value is -2.76. The van der Waals surface area contributed by atoms with Gasteiger partial charge in [0.15, 0.2) is 17.3 Å². The van der Waals surface area contributed by atoms with Crippen molar-refractivity contribution in [2.45, 2.75) is 0 Å². The lowest BCUT2D eigenvalue weighted by atomic mass is 10.3. The summed E-state index contributed by atoms with van der Waals surface area (Å²) >= 11 is 0. The summed E-state index contributed by atoms with van der Waals surface area (Å²) < 4.78 is 0. The van der Waals surface area contributed by atoms with Gasteiger partial charge in [-0.15, -0.1) is 0 Å². The Morgan fingerprint density at radius 2 is 2.17 bits per heavy atom. The number of nitrogens with one attached hydrogen (secondary N) is 1. The summed E-state index contributed by atoms with van der Waals surface area (Å²) in [7, 11) is 0. The molecule has 0 saturated carbocycles. The van der Waals surface area contributed by atoms with E-state index in [1.165, 1.54) is 0 Å². The van der Waals surface area contributed by atoms with Crippen LogP contribution in [0.5, 0.6) is 0 Å². The summed E-state index contributed by atoms with van der Waals surface area (Å²) in [6.45, 7) is 3.42. The van der Waals surface area contributed by atoms with Crippen molar-refractivity contribution in [1.29, 1.82) is 0 Å². The predicted octanol–water partition coefficient (Wildman–Crippen LogP) is 1.93. The number of imidazole rings is 1. The number of aliphatic imine (C=N–C) groups is 1. The Morgan fingerprint density at radius 1 is 1.28 bits per heavy atom. The molecule has 3 heterocycles. The zero-order chi connectivity index (χ0) is 12.5. The molecule has 6 nitrogen and oxygen atoms in total. The number of aromatic nitrogens is 4. The highest BCUT2D eigenvalue weighted by Crippen LogP contribution is 2.24. The Balaban J connectivity index is 2.20. The number of hydrogen-bond acceptors (Lipinski definition) is 5. The minimum absolute atomic E-state index is 0.402. The molecule has 18 heavy (non-hydrogen) atoms. The van der Waals surface area contributed by atoms with Crippen LogP contribution in [-0.4, -0.2) is 26.7 Å². The van der Waals surface area contributed by atoms with E-state index in [1.807, 2.05) is 18.2 Å². The highest BCUT2D eigenvalue weighted by atomic mass is 15.0. The predicted molar refractivity (Wildman–Crippen MR) is 70.7 cm³/mol. The third kappa shape index (κ3) is 1.60. The van der Waals surface area contributed by atoms with E-state index in [9.17, 15) is 0 Å². The molecule has 0 atom stereocenters. The van der Waals surface area contributed by atoms with Crippen LogP contribution < -0.4 is 5.73 Å². The molecule has 3 aromatic rings. The number of anilines is 1. The molecule has 0 aromatic carbocycles. The van der Waals surface area contributed by atoms with E-state index < -0.39 is 0 Å². The van der Waals surface area contributed by atoms with Crippen molar-refractivity contribution in [2.75, 3.05) is 5.73 Å². The number of hydrogen-bond donors (Lipinski definition) is 2. The third-order valence-corrected chi connectivity index (χ3v) is 2.54. The fraction of sp³-hybridized carbons (Fsp3) is 0. The smallest absolute Gasteiger partial charge is 0.177 e. The van der Waals surface area contributed by atoms with Gasteiger partial charge in [0.05, 0.1) is 5.69 Å². The first-order valence-corrected chi connectivity index (χ1v) is 5.32. The van der Waals surface area contributed by atoms with Crippen molar-refractivity contribution in [3.8, 4) is 11.5 Å². The largest absolute Gasteiger partial charge is 0.396 e. The second kappa shape index (κ2) is 3.92. The molecule has 3 N–H and O–H groups in total. The van der Waals surface area contributed by atoms with Crippen molar-refractivity contribution < 1.29 is 0 Å². The van der Waals surface area contributed by atoms with Crippen molar-refractivity contribution in [1.82, 2.24) is 19.9 Å². The molecule has 88 valence electrons. The maximum atomic E-state index is 5.78. The fourth-order valence-electron chi connectivity index (χ4n) is 1.70. The van der Waals surface area contributed by atoms with Crippen molar-refractivity contribution >= 4 is 29.4 Å². The first-order valence-electron chi connectivity index (χ1n) is 5.32.